The lowest BCUT2D eigenvalue weighted by molar-refractivity contribution is -0.111. The second-order valence-electron chi connectivity index (χ2n) is 7.46. The summed E-state index contributed by atoms with van der Waals surface area (Å²) in [6.07, 6.45) is 3.08. The zero-order valence-corrected chi connectivity index (χ0v) is 18.0. The van der Waals surface area contributed by atoms with Gasteiger partial charge in [0.05, 0.1) is 13.4 Å². The van der Waals surface area contributed by atoms with E-state index < -0.39 is 5.91 Å². The summed E-state index contributed by atoms with van der Waals surface area (Å²) in [6, 6.07) is 16.1. The van der Waals surface area contributed by atoms with Gasteiger partial charge in [-0.3, -0.25) is 9.59 Å². The number of primary amides is 1. The molecule has 0 radical (unpaired) electrons. The molecule has 0 aliphatic heterocycles. The van der Waals surface area contributed by atoms with Crippen LogP contribution >= 0.6 is 0 Å². The van der Waals surface area contributed by atoms with E-state index in [1.165, 1.54) is 18.2 Å². The molecular weight excluding hydrogens is 423 g/mol. The zero-order valence-electron chi connectivity index (χ0n) is 18.0. The van der Waals surface area contributed by atoms with Crippen LogP contribution in [0.5, 0.6) is 5.75 Å². The number of nitrogens with two attached hydrogens (primary N) is 1. The number of nitrogens with one attached hydrogen (secondary N) is 1. The van der Waals surface area contributed by atoms with E-state index in [0.29, 0.717) is 33.7 Å². The van der Waals surface area contributed by atoms with E-state index in [-0.39, 0.29) is 11.7 Å². The lowest BCUT2D eigenvalue weighted by atomic mass is 9.99. The Labute approximate surface area is 189 Å². The quantitative estimate of drug-likeness (QED) is 0.390. The summed E-state index contributed by atoms with van der Waals surface area (Å²) in [5, 5.41) is 3.57. The minimum Gasteiger partial charge on any atom is -0.496 e. The molecule has 1 aromatic heterocycles. The molecule has 2 amide bonds. The molecule has 4 rings (SSSR count). The number of fused-ring (bicyclic) bond motifs is 1. The van der Waals surface area contributed by atoms with Gasteiger partial charge in [-0.15, -0.1) is 0 Å². The first-order valence-corrected chi connectivity index (χ1v) is 10.1. The zero-order chi connectivity index (χ0) is 23.5. The maximum atomic E-state index is 13.3. The predicted octanol–water partition coefficient (Wildman–Crippen LogP) is 5.39. The monoisotopic (exact) mass is 444 g/mol. The van der Waals surface area contributed by atoms with Gasteiger partial charge in [-0.2, -0.15) is 0 Å². The highest BCUT2D eigenvalue weighted by atomic mass is 19.1. The van der Waals surface area contributed by atoms with Crippen molar-refractivity contribution < 1.29 is 23.1 Å². The summed E-state index contributed by atoms with van der Waals surface area (Å²) in [5.74, 6) is -0.643. The van der Waals surface area contributed by atoms with Crippen LogP contribution in [0.3, 0.4) is 0 Å². The number of hydrogen-bond donors (Lipinski definition) is 2. The van der Waals surface area contributed by atoms with Crippen LogP contribution in [0.1, 0.15) is 22.8 Å². The van der Waals surface area contributed by atoms with E-state index in [1.807, 2.05) is 6.07 Å². The molecule has 7 heteroatoms. The number of benzene rings is 3. The van der Waals surface area contributed by atoms with Crippen molar-refractivity contribution in [2.24, 2.45) is 5.73 Å². The number of ether oxygens (including phenoxy) is 1. The average molecular weight is 444 g/mol. The van der Waals surface area contributed by atoms with Crippen LogP contribution in [0.25, 0.3) is 27.7 Å². The number of anilines is 1. The summed E-state index contributed by atoms with van der Waals surface area (Å²) in [6.45, 7) is 1.80. The van der Waals surface area contributed by atoms with Crippen LogP contribution in [0.15, 0.2) is 77.4 Å². The minimum absolute atomic E-state index is 0.317. The van der Waals surface area contributed by atoms with Gasteiger partial charge in [0.2, 0.25) is 11.8 Å². The Morgan fingerprint density at radius 3 is 2.39 bits per heavy atom. The lowest BCUT2D eigenvalue weighted by Crippen LogP contribution is -2.12. The topological polar surface area (TPSA) is 94.6 Å². The fourth-order valence-electron chi connectivity index (χ4n) is 3.56. The molecule has 4 aromatic rings. The lowest BCUT2D eigenvalue weighted by Gasteiger charge is -2.10. The maximum Gasteiger partial charge on any atom is 0.248 e. The molecule has 0 atom stereocenters. The van der Waals surface area contributed by atoms with Crippen molar-refractivity contribution >= 4 is 34.0 Å². The number of allylic oxidation sites excluding steroid dienone is 1. The van der Waals surface area contributed by atoms with Crippen LogP contribution in [-0.2, 0) is 4.79 Å². The van der Waals surface area contributed by atoms with Gasteiger partial charge in [0.1, 0.15) is 17.1 Å². The van der Waals surface area contributed by atoms with Gasteiger partial charge < -0.3 is 20.2 Å². The van der Waals surface area contributed by atoms with E-state index in [2.05, 4.69) is 5.32 Å². The summed E-state index contributed by atoms with van der Waals surface area (Å²) in [5.41, 5.74) is 9.74. The van der Waals surface area contributed by atoms with Gasteiger partial charge in [0.15, 0.2) is 0 Å². The molecule has 0 unspecified atom stereocenters. The highest BCUT2D eigenvalue weighted by molar-refractivity contribution is 6.05. The molecule has 0 aliphatic rings. The SMILES string of the molecule is COc1cc2occ(-c3ccc(F)cc3)c2cc1/C(C)=C/C(=O)Nc1ccc(C(N)=O)cc1. The van der Waals surface area contributed by atoms with Crippen LogP contribution in [0, 0.1) is 5.82 Å². The van der Waals surface area contributed by atoms with E-state index in [1.54, 1.807) is 62.8 Å². The van der Waals surface area contributed by atoms with E-state index in [9.17, 15) is 14.0 Å². The Morgan fingerprint density at radius 1 is 1.06 bits per heavy atom. The minimum atomic E-state index is -0.537. The number of furan rings is 1. The van der Waals surface area contributed by atoms with E-state index >= 15 is 0 Å². The van der Waals surface area contributed by atoms with Gasteiger partial charge in [0.25, 0.3) is 0 Å². The van der Waals surface area contributed by atoms with Gasteiger partial charge in [-0.25, -0.2) is 4.39 Å². The number of hydrogen-bond acceptors (Lipinski definition) is 4. The Morgan fingerprint density at radius 2 is 1.76 bits per heavy atom. The Kier molecular flexibility index (Phi) is 5.95. The number of rotatable bonds is 6. The molecule has 6 nitrogen and oxygen atoms in total. The second kappa shape index (κ2) is 9.00. The van der Waals surface area contributed by atoms with Crippen LogP contribution < -0.4 is 15.8 Å². The standard InChI is InChI=1S/C26H21FN2O4/c1-15(11-25(30)29-19-9-5-17(6-10-19)26(28)31)20-12-21-22(16-3-7-18(27)8-4-16)14-33-24(21)13-23(20)32-2/h3-14H,1-2H3,(H2,28,31)(H,29,30)/b15-11+. The fourth-order valence-corrected chi connectivity index (χ4v) is 3.56. The number of amides is 2. The van der Waals surface area contributed by atoms with Crippen LogP contribution in [-0.4, -0.2) is 18.9 Å². The molecule has 0 spiro atoms. The molecule has 0 aliphatic carbocycles. The van der Waals surface area contributed by atoms with Crippen molar-refractivity contribution in [3.63, 3.8) is 0 Å². The summed E-state index contributed by atoms with van der Waals surface area (Å²) in [4.78, 5) is 23.8. The molecule has 3 aromatic carbocycles. The van der Waals surface area contributed by atoms with Crippen molar-refractivity contribution in [3.05, 3.63) is 89.9 Å². The molecule has 0 fully saturated rings. The second-order valence-corrected chi connectivity index (χ2v) is 7.46. The van der Waals surface area contributed by atoms with E-state index in [4.69, 9.17) is 14.9 Å². The maximum absolute atomic E-state index is 13.3. The normalized spacial score (nSPS) is 11.4. The van der Waals surface area contributed by atoms with E-state index in [0.717, 1.165) is 16.5 Å². The molecule has 0 saturated heterocycles. The molecular formula is C26H21FN2O4. The third-order valence-corrected chi connectivity index (χ3v) is 5.26. The average Bonchev–Trinajstić information content (AvgIpc) is 3.21. The van der Waals surface area contributed by atoms with Crippen molar-refractivity contribution in [3.8, 4) is 16.9 Å². The highest BCUT2D eigenvalue weighted by Gasteiger charge is 2.15. The van der Waals surface area contributed by atoms with Crippen molar-refractivity contribution in [2.45, 2.75) is 6.92 Å². The highest BCUT2D eigenvalue weighted by Crippen LogP contribution is 2.37. The van der Waals surface area contributed by atoms with Gasteiger partial charge in [-0.1, -0.05) is 12.1 Å². The molecule has 0 saturated carbocycles. The smallest absolute Gasteiger partial charge is 0.248 e. The molecule has 0 bridgehead atoms. The predicted molar refractivity (Wildman–Crippen MR) is 125 cm³/mol. The van der Waals surface area contributed by atoms with Crippen LogP contribution in [0.4, 0.5) is 10.1 Å². The van der Waals surface area contributed by atoms with Crippen molar-refractivity contribution in [1.82, 2.24) is 0 Å². The molecule has 166 valence electrons. The first kappa shape index (κ1) is 21.8. The first-order valence-electron chi connectivity index (χ1n) is 10.1. The molecule has 1 heterocycles. The summed E-state index contributed by atoms with van der Waals surface area (Å²) in [7, 11) is 1.54. The van der Waals surface area contributed by atoms with Gasteiger partial charge in [-0.05, 0) is 60.5 Å². The largest absolute Gasteiger partial charge is 0.496 e. The Hall–Kier alpha value is -4.39. The van der Waals surface area contributed by atoms with Crippen LogP contribution in [0.2, 0.25) is 0 Å². The van der Waals surface area contributed by atoms with Gasteiger partial charge in [0, 0.05) is 39.9 Å². The van der Waals surface area contributed by atoms with Gasteiger partial charge >= 0.3 is 0 Å². The summed E-state index contributed by atoms with van der Waals surface area (Å²) >= 11 is 0. The third kappa shape index (κ3) is 4.62. The first-order chi connectivity index (χ1) is 15.9. The Bertz CT molecular complexity index is 1370. The Balaban J connectivity index is 1.65. The number of halogens is 1. The number of methoxy groups -OCH3 is 1. The van der Waals surface area contributed by atoms with Crippen molar-refractivity contribution in [1.29, 1.82) is 0 Å². The summed E-state index contributed by atoms with van der Waals surface area (Å²) < 4.78 is 24.5. The molecule has 3 N–H and O–H groups in total. The van der Waals surface area contributed by atoms with Crippen molar-refractivity contribution in [2.75, 3.05) is 12.4 Å². The molecule has 33 heavy (non-hydrogen) atoms. The third-order valence-electron chi connectivity index (χ3n) is 5.26. The number of carbonyl (C=O) groups excluding carboxylic acids is 2. The number of carbonyl (C=O) groups is 2. The fraction of sp³-hybridized carbons (Fsp3) is 0.0769.